The van der Waals surface area contributed by atoms with Crippen molar-refractivity contribution in [3.8, 4) is 5.75 Å². The minimum absolute atomic E-state index is 0.0110. The molecular weight excluding hydrogens is 471 g/mol. The second-order valence-corrected chi connectivity index (χ2v) is 10.2. The van der Waals surface area contributed by atoms with Gasteiger partial charge in [-0.25, -0.2) is 4.39 Å². The van der Waals surface area contributed by atoms with Crippen molar-refractivity contribution in [3.63, 3.8) is 0 Å². The van der Waals surface area contributed by atoms with E-state index in [1.54, 1.807) is 37.8 Å². The van der Waals surface area contributed by atoms with Gasteiger partial charge in [0.1, 0.15) is 5.82 Å². The van der Waals surface area contributed by atoms with Gasteiger partial charge in [0, 0.05) is 43.3 Å². The summed E-state index contributed by atoms with van der Waals surface area (Å²) < 4.78 is 18.7. The van der Waals surface area contributed by atoms with Crippen LogP contribution in [0.3, 0.4) is 0 Å². The Hall–Kier alpha value is -3.60. The molecule has 2 atom stereocenters. The van der Waals surface area contributed by atoms with Gasteiger partial charge in [-0.3, -0.25) is 29.9 Å². The second-order valence-electron chi connectivity index (χ2n) is 10.2. The molecule has 1 aliphatic rings. The van der Waals surface area contributed by atoms with E-state index in [0.29, 0.717) is 19.6 Å². The monoisotopic (exact) mass is 502 g/mol. The number of rotatable bonds is 7. The van der Waals surface area contributed by atoms with Gasteiger partial charge in [0.25, 0.3) is 11.7 Å². The van der Waals surface area contributed by atoms with Crippen molar-refractivity contribution < 1.29 is 23.8 Å². The molecule has 10 nitrogen and oxygen atoms in total. The maximum atomic E-state index is 13.2. The molecular formula is C25H31FN4O6. The van der Waals surface area contributed by atoms with Crippen molar-refractivity contribution in [3.05, 3.63) is 73.6 Å². The second kappa shape index (κ2) is 10.6. The Morgan fingerprint density at radius 3 is 2.22 bits per heavy atom. The molecule has 0 unspecified atom stereocenters. The molecule has 0 bridgehead atoms. The van der Waals surface area contributed by atoms with Crippen molar-refractivity contribution in [1.29, 1.82) is 0 Å². The molecule has 1 heterocycles. The van der Waals surface area contributed by atoms with Crippen LogP contribution in [0.1, 0.15) is 45.7 Å². The van der Waals surface area contributed by atoms with Crippen molar-refractivity contribution in [2.45, 2.75) is 58.7 Å². The number of halogens is 1. The van der Waals surface area contributed by atoms with E-state index in [9.17, 15) is 29.4 Å². The molecule has 11 heteroatoms. The fraction of sp³-hybridized carbons (Fsp3) is 0.480. The van der Waals surface area contributed by atoms with Crippen LogP contribution in [0.25, 0.3) is 0 Å². The summed E-state index contributed by atoms with van der Waals surface area (Å²) in [4.78, 5) is 38.9. The highest BCUT2D eigenvalue weighted by atomic mass is 19.1. The predicted molar refractivity (Wildman–Crippen MR) is 131 cm³/mol. The minimum atomic E-state index is -0.752. The van der Waals surface area contributed by atoms with Crippen LogP contribution >= 0.6 is 0 Å². The number of carbonyl (C=O) groups excluding carboxylic acids is 1. The first kappa shape index (κ1) is 27.0. The Balaban J connectivity index is 1.77. The smallest absolute Gasteiger partial charge is 0.321 e. The van der Waals surface area contributed by atoms with Crippen molar-refractivity contribution in [2.24, 2.45) is 0 Å². The largest absolute Gasteiger partial charge is 0.472 e. The van der Waals surface area contributed by atoms with Gasteiger partial charge < -0.3 is 9.64 Å². The van der Waals surface area contributed by atoms with E-state index in [0.717, 1.165) is 5.56 Å². The van der Waals surface area contributed by atoms with Crippen LogP contribution in [-0.2, 0) is 16.8 Å². The van der Waals surface area contributed by atoms with Gasteiger partial charge in [0.15, 0.2) is 6.61 Å². The van der Waals surface area contributed by atoms with E-state index in [1.165, 1.54) is 24.3 Å². The number of nitro benzene ring substituents is 2. The maximum absolute atomic E-state index is 13.2. The van der Waals surface area contributed by atoms with E-state index < -0.39 is 44.9 Å². The highest BCUT2D eigenvalue weighted by Crippen LogP contribution is 2.43. The Bertz CT molecular complexity index is 1150. The number of ether oxygens (including phenoxy) is 1. The van der Waals surface area contributed by atoms with Crippen LogP contribution < -0.4 is 4.74 Å². The number of hydrogen-bond acceptors (Lipinski definition) is 7. The molecule has 2 aromatic rings. The van der Waals surface area contributed by atoms with Crippen LogP contribution in [0.15, 0.2) is 36.4 Å². The SMILES string of the molecule is C[C@@H]1CN(C(=O)COc2c([N+](=O)[O-])ccc(C(C)(C)C)c2[N+](=O)[O-])[C@@H](C)CN1Cc1ccc(F)cc1. The molecule has 1 aliphatic heterocycles. The molecule has 0 aromatic heterocycles. The van der Waals surface area contributed by atoms with Crippen molar-refractivity contribution >= 4 is 17.3 Å². The summed E-state index contributed by atoms with van der Waals surface area (Å²) in [5.41, 5.74) is -0.512. The third-order valence-corrected chi connectivity index (χ3v) is 6.37. The average molecular weight is 503 g/mol. The van der Waals surface area contributed by atoms with Crippen LogP contribution in [-0.4, -0.2) is 57.3 Å². The number of piperazine rings is 1. The third kappa shape index (κ3) is 5.96. The van der Waals surface area contributed by atoms with Crippen LogP contribution in [0.5, 0.6) is 5.75 Å². The molecule has 0 N–H and O–H groups in total. The summed E-state index contributed by atoms with van der Waals surface area (Å²) in [6.07, 6.45) is 0. The maximum Gasteiger partial charge on any atom is 0.321 e. The fourth-order valence-electron chi connectivity index (χ4n) is 4.44. The first-order valence-corrected chi connectivity index (χ1v) is 11.7. The highest BCUT2D eigenvalue weighted by molar-refractivity contribution is 5.79. The molecule has 0 saturated carbocycles. The van der Waals surface area contributed by atoms with Gasteiger partial charge in [-0.15, -0.1) is 0 Å². The summed E-state index contributed by atoms with van der Waals surface area (Å²) in [6, 6.07) is 8.60. The summed E-state index contributed by atoms with van der Waals surface area (Å²) in [7, 11) is 0. The standard InChI is InChI=1S/C25H31FN4O6/c1-16-13-28(17(2)12-27(16)14-18-6-8-19(26)9-7-18)22(31)15-36-24-21(29(32)33)11-10-20(25(3,4)5)23(24)30(34)35/h6-11,16-17H,12-15H2,1-5H3/t16-,17+/m1/s1. The van der Waals surface area contributed by atoms with Crippen LogP contribution in [0.4, 0.5) is 15.8 Å². The van der Waals surface area contributed by atoms with E-state index in [-0.39, 0.29) is 23.5 Å². The summed E-state index contributed by atoms with van der Waals surface area (Å²) in [5, 5.41) is 23.5. The lowest BCUT2D eigenvalue weighted by atomic mass is 9.85. The van der Waals surface area contributed by atoms with E-state index in [1.807, 2.05) is 13.8 Å². The van der Waals surface area contributed by atoms with Gasteiger partial charge in [-0.05, 0) is 43.0 Å². The number of carbonyl (C=O) groups is 1. The van der Waals surface area contributed by atoms with Crippen molar-refractivity contribution in [2.75, 3.05) is 19.7 Å². The molecule has 2 aromatic carbocycles. The average Bonchev–Trinajstić information content (AvgIpc) is 2.79. The molecule has 1 saturated heterocycles. The summed E-state index contributed by atoms with van der Waals surface area (Å²) in [6.45, 7) is 10.1. The molecule has 3 rings (SSSR count). The highest BCUT2D eigenvalue weighted by Gasteiger charge is 2.37. The predicted octanol–water partition coefficient (Wildman–Crippen LogP) is 4.44. The quantitative estimate of drug-likeness (QED) is 0.406. The Labute approximate surface area is 208 Å². The van der Waals surface area contributed by atoms with E-state index in [4.69, 9.17) is 4.74 Å². The molecule has 1 fully saturated rings. The van der Waals surface area contributed by atoms with Gasteiger partial charge in [-0.1, -0.05) is 32.9 Å². The van der Waals surface area contributed by atoms with Gasteiger partial charge in [-0.2, -0.15) is 0 Å². The van der Waals surface area contributed by atoms with Crippen molar-refractivity contribution in [1.82, 2.24) is 9.80 Å². The summed E-state index contributed by atoms with van der Waals surface area (Å²) >= 11 is 0. The van der Waals surface area contributed by atoms with E-state index in [2.05, 4.69) is 4.90 Å². The van der Waals surface area contributed by atoms with E-state index >= 15 is 0 Å². The number of nitro groups is 2. The Morgan fingerprint density at radius 2 is 1.67 bits per heavy atom. The third-order valence-electron chi connectivity index (χ3n) is 6.37. The Morgan fingerprint density at radius 1 is 1.03 bits per heavy atom. The first-order valence-electron chi connectivity index (χ1n) is 11.7. The zero-order valence-corrected chi connectivity index (χ0v) is 21.1. The molecule has 0 spiro atoms. The van der Waals surface area contributed by atoms with Crippen LogP contribution in [0, 0.1) is 26.0 Å². The lowest BCUT2D eigenvalue weighted by Gasteiger charge is -2.44. The first-order chi connectivity index (χ1) is 16.8. The summed E-state index contributed by atoms with van der Waals surface area (Å²) in [5.74, 6) is -1.23. The molecule has 0 aliphatic carbocycles. The lowest BCUT2D eigenvalue weighted by Crippen LogP contribution is -2.58. The zero-order chi connectivity index (χ0) is 26.8. The topological polar surface area (TPSA) is 119 Å². The number of hydrogen-bond donors (Lipinski definition) is 0. The normalized spacial score (nSPS) is 18.7. The minimum Gasteiger partial charge on any atom is -0.472 e. The van der Waals surface area contributed by atoms with Crippen LogP contribution in [0.2, 0.25) is 0 Å². The Kier molecular flexibility index (Phi) is 7.92. The zero-order valence-electron chi connectivity index (χ0n) is 21.1. The molecule has 1 amide bonds. The fourth-order valence-corrected chi connectivity index (χ4v) is 4.44. The van der Waals surface area contributed by atoms with Gasteiger partial charge in [0.05, 0.1) is 9.85 Å². The molecule has 36 heavy (non-hydrogen) atoms. The number of nitrogens with zero attached hydrogens (tertiary/aromatic N) is 4. The van der Waals surface area contributed by atoms with Gasteiger partial charge >= 0.3 is 11.4 Å². The number of amides is 1. The number of benzene rings is 2. The molecule has 194 valence electrons. The van der Waals surface area contributed by atoms with Gasteiger partial charge in [0.2, 0.25) is 0 Å². The molecule has 0 radical (unpaired) electrons. The lowest BCUT2D eigenvalue weighted by molar-refractivity contribution is -0.396.